The van der Waals surface area contributed by atoms with Gasteiger partial charge in [-0.1, -0.05) is 0 Å². The molecule has 2 N–H and O–H groups in total. The number of halogens is 1. The molecule has 31 heavy (non-hydrogen) atoms. The lowest BCUT2D eigenvalue weighted by Gasteiger charge is -2.12. The van der Waals surface area contributed by atoms with E-state index in [-0.39, 0.29) is 17.1 Å². The van der Waals surface area contributed by atoms with Crippen LogP contribution in [-0.4, -0.2) is 43.8 Å². The quantitative estimate of drug-likeness (QED) is 0.228. The van der Waals surface area contributed by atoms with E-state index in [1.54, 1.807) is 6.07 Å². The minimum absolute atomic E-state index is 0.172. The summed E-state index contributed by atoms with van der Waals surface area (Å²) in [4.78, 5) is 34.7. The predicted molar refractivity (Wildman–Crippen MR) is 119 cm³/mol. The van der Waals surface area contributed by atoms with Gasteiger partial charge in [-0.05, 0) is 70.6 Å². The van der Waals surface area contributed by atoms with Crippen molar-refractivity contribution in [1.29, 1.82) is 5.26 Å². The van der Waals surface area contributed by atoms with Crippen molar-refractivity contribution in [1.82, 2.24) is 0 Å². The summed E-state index contributed by atoms with van der Waals surface area (Å²) in [6, 6.07) is 11.0. The first-order valence-corrected chi connectivity index (χ1v) is 9.70. The lowest BCUT2D eigenvalue weighted by Crippen LogP contribution is -2.13. The third-order valence-electron chi connectivity index (χ3n) is 3.83. The number of carboxylic acids is 1. The largest absolute Gasteiger partial charge is 0.493 e. The van der Waals surface area contributed by atoms with Gasteiger partial charge in [0.15, 0.2) is 18.1 Å². The van der Waals surface area contributed by atoms with Gasteiger partial charge in [0.2, 0.25) is 0 Å². The van der Waals surface area contributed by atoms with Crippen molar-refractivity contribution in [2.75, 3.05) is 26.1 Å². The molecule has 0 bridgehead atoms. The average Bonchev–Trinajstić information content (AvgIpc) is 2.75. The van der Waals surface area contributed by atoms with Crippen LogP contribution in [0.5, 0.6) is 11.5 Å². The Morgan fingerprint density at radius 1 is 1.19 bits per heavy atom. The number of aliphatic carboxylic acids is 1. The summed E-state index contributed by atoms with van der Waals surface area (Å²) in [7, 11) is 2.66. The van der Waals surface area contributed by atoms with Crippen LogP contribution in [0, 0.1) is 14.9 Å². The fourth-order valence-electron chi connectivity index (χ4n) is 2.42. The van der Waals surface area contributed by atoms with Gasteiger partial charge in [-0.15, -0.1) is 0 Å². The molecule has 0 saturated carbocycles. The van der Waals surface area contributed by atoms with E-state index in [0.717, 1.165) is 0 Å². The van der Waals surface area contributed by atoms with E-state index in [0.29, 0.717) is 20.4 Å². The molecule has 10 heteroatoms. The summed E-state index contributed by atoms with van der Waals surface area (Å²) < 4.78 is 15.6. The van der Waals surface area contributed by atoms with Crippen LogP contribution in [0.2, 0.25) is 0 Å². The zero-order valence-electron chi connectivity index (χ0n) is 16.5. The highest BCUT2D eigenvalue weighted by Crippen LogP contribution is 2.34. The van der Waals surface area contributed by atoms with Crippen molar-refractivity contribution in [3.05, 3.63) is 56.7 Å². The van der Waals surface area contributed by atoms with Gasteiger partial charge in [0.25, 0.3) is 5.91 Å². The van der Waals surface area contributed by atoms with Crippen molar-refractivity contribution >= 4 is 52.2 Å². The normalized spacial score (nSPS) is 10.6. The van der Waals surface area contributed by atoms with Crippen LogP contribution in [0.4, 0.5) is 5.69 Å². The second kappa shape index (κ2) is 11.0. The number of carbonyl (C=O) groups is 3. The Balaban J connectivity index is 2.25. The number of carboxylic acid groups (broad SMARTS) is 1. The average molecular weight is 536 g/mol. The third-order valence-corrected chi connectivity index (χ3v) is 4.63. The number of nitrogens with zero attached hydrogens (tertiary/aromatic N) is 1. The SMILES string of the molecule is COC(=O)c1ccc(NC(=O)/C(C#N)=C/c2cc(I)c(OCC(=O)O)c(OC)c2)cc1. The van der Waals surface area contributed by atoms with Crippen molar-refractivity contribution in [2.24, 2.45) is 0 Å². The molecule has 0 aromatic heterocycles. The van der Waals surface area contributed by atoms with Gasteiger partial charge in [0.05, 0.1) is 23.4 Å². The van der Waals surface area contributed by atoms with Crippen LogP contribution in [-0.2, 0) is 14.3 Å². The Morgan fingerprint density at radius 2 is 1.87 bits per heavy atom. The maximum Gasteiger partial charge on any atom is 0.341 e. The molecule has 2 rings (SSSR count). The van der Waals surface area contributed by atoms with Crippen LogP contribution < -0.4 is 14.8 Å². The zero-order chi connectivity index (χ0) is 23.0. The molecule has 9 nitrogen and oxygen atoms in total. The summed E-state index contributed by atoms with van der Waals surface area (Å²) >= 11 is 1.94. The van der Waals surface area contributed by atoms with E-state index in [1.165, 1.54) is 50.6 Å². The van der Waals surface area contributed by atoms with E-state index in [4.69, 9.17) is 14.6 Å². The lowest BCUT2D eigenvalue weighted by atomic mass is 10.1. The molecule has 0 spiro atoms. The minimum Gasteiger partial charge on any atom is -0.493 e. The molecule has 0 fully saturated rings. The maximum atomic E-state index is 12.5. The van der Waals surface area contributed by atoms with E-state index in [2.05, 4.69) is 10.1 Å². The second-order valence-corrected chi connectivity index (χ2v) is 7.07. The molecular formula is C21H17IN2O7. The molecule has 0 aliphatic carbocycles. The second-order valence-electron chi connectivity index (χ2n) is 5.91. The first-order valence-electron chi connectivity index (χ1n) is 8.62. The first kappa shape index (κ1) is 23.7. The summed E-state index contributed by atoms with van der Waals surface area (Å²) in [5, 5.41) is 20.8. The van der Waals surface area contributed by atoms with Gasteiger partial charge in [-0.3, -0.25) is 4.79 Å². The number of hydrogen-bond donors (Lipinski definition) is 2. The minimum atomic E-state index is -1.13. The van der Waals surface area contributed by atoms with Crippen LogP contribution in [0.3, 0.4) is 0 Å². The number of nitrogens with one attached hydrogen (secondary N) is 1. The molecule has 0 radical (unpaired) electrons. The van der Waals surface area contributed by atoms with Crippen molar-refractivity contribution in [3.8, 4) is 17.6 Å². The van der Waals surface area contributed by atoms with Gasteiger partial charge in [0, 0.05) is 5.69 Å². The highest BCUT2D eigenvalue weighted by atomic mass is 127. The number of carbonyl (C=O) groups excluding carboxylic acids is 2. The van der Waals surface area contributed by atoms with Gasteiger partial charge >= 0.3 is 11.9 Å². The Bertz CT molecular complexity index is 1070. The number of benzene rings is 2. The van der Waals surface area contributed by atoms with Gasteiger partial charge in [-0.25, -0.2) is 9.59 Å². The Morgan fingerprint density at radius 3 is 2.42 bits per heavy atom. The molecule has 0 saturated heterocycles. The fraction of sp³-hybridized carbons (Fsp3) is 0.143. The number of amides is 1. The van der Waals surface area contributed by atoms with Crippen molar-refractivity contribution in [3.63, 3.8) is 0 Å². The van der Waals surface area contributed by atoms with Gasteiger partial charge < -0.3 is 24.6 Å². The monoisotopic (exact) mass is 536 g/mol. The summed E-state index contributed by atoms with van der Waals surface area (Å²) in [6.45, 7) is -0.540. The lowest BCUT2D eigenvalue weighted by molar-refractivity contribution is -0.139. The fourth-order valence-corrected chi connectivity index (χ4v) is 3.20. The summed E-state index contributed by atoms with van der Waals surface area (Å²) in [5.74, 6) is -1.78. The number of rotatable bonds is 8. The molecule has 0 aliphatic heterocycles. The van der Waals surface area contributed by atoms with E-state index < -0.39 is 24.5 Å². The molecule has 160 valence electrons. The molecule has 2 aromatic carbocycles. The smallest absolute Gasteiger partial charge is 0.341 e. The molecule has 0 heterocycles. The number of hydrogen-bond acceptors (Lipinski definition) is 7. The van der Waals surface area contributed by atoms with Crippen LogP contribution >= 0.6 is 22.6 Å². The Labute approximate surface area is 191 Å². The van der Waals surface area contributed by atoms with Crippen LogP contribution in [0.15, 0.2) is 42.0 Å². The maximum absolute atomic E-state index is 12.5. The van der Waals surface area contributed by atoms with E-state index >= 15 is 0 Å². The molecule has 2 aromatic rings. The van der Waals surface area contributed by atoms with Crippen molar-refractivity contribution < 1.29 is 33.7 Å². The van der Waals surface area contributed by atoms with E-state index in [9.17, 15) is 19.6 Å². The van der Waals surface area contributed by atoms with Gasteiger partial charge in [0.1, 0.15) is 11.6 Å². The molecular weight excluding hydrogens is 519 g/mol. The number of methoxy groups -OCH3 is 2. The van der Waals surface area contributed by atoms with Crippen molar-refractivity contribution in [2.45, 2.75) is 0 Å². The molecule has 1 amide bonds. The highest BCUT2D eigenvalue weighted by Gasteiger charge is 2.15. The highest BCUT2D eigenvalue weighted by molar-refractivity contribution is 14.1. The zero-order valence-corrected chi connectivity index (χ0v) is 18.6. The summed E-state index contributed by atoms with van der Waals surface area (Å²) in [5.41, 5.74) is 1.03. The number of esters is 1. The number of ether oxygens (including phenoxy) is 3. The topological polar surface area (TPSA) is 135 Å². The van der Waals surface area contributed by atoms with Gasteiger partial charge in [-0.2, -0.15) is 5.26 Å². The third kappa shape index (κ3) is 6.45. The Kier molecular flexibility index (Phi) is 8.39. The molecule has 0 aliphatic rings. The van der Waals surface area contributed by atoms with Crippen LogP contribution in [0.1, 0.15) is 15.9 Å². The standard InChI is InChI=1S/C21H17IN2O7/c1-29-17-9-12(8-16(22)19(17)31-11-18(25)26)7-14(10-23)20(27)24-15-5-3-13(4-6-15)21(28)30-2/h3-9H,11H2,1-2H3,(H,24,27)(H,25,26)/b14-7+. The van der Waals surface area contributed by atoms with E-state index in [1.807, 2.05) is 28.7 Å². The van der Waals surface area contributed by atoms with Crippen LogP contribution in [0.25, 0.3) is 6.08 Å². The number of nitriles is 1. The molecule has 0 atom stereocenters. The predicted octanol–water partition coefficient (Wildman–Crippen LogP) is 3.10. The molecule has 0 unspecified atom stereocenters. The number of anilines is 1. The Hall–Kier alpha value is -3.59. The summed E-state index contributed by atoms with van der Waals surface area (Å²) in [6.07, 6.45) is 1.36. The first-order chi connectivity index (χ1) is 14.8.